The van der Waals surface area contributed by atoms with E-state index in [4.69, 9.17) is 12.2 Å². The summed E-state index contributed by atoms with van der Waals surface area (Å²) in [6, 6.07) is 3.51. The third-order valence-electron chi connectivity index (χ3n) is 1.93. The predicted octanol–water partition coefficient (Wildman–Crippen LogP) is 0.881. The SMILES string of the molecule is CCn1nnc(NC(=S)NC(=O)c2cccs2)n1. The van der Waals surface area contributed by atoms with Crippen molar-refractivity contribution in [3.05, 3.63) is 22.4 Å². The Morgan fingerprint density at radius 2 is 2.44 bits per heavy atom. The molecule has 0 aromatic carbocycles. The molecule has 94 valence electrons. The Morgan fingerprint density at radius 1 is 1.61 bits per heavy atom. The fraction of sp³-hybridized carbons (Fsp3) is 0.222. The van der Waals surface area contributed by atoms with Crippen LogP contribution in [0.25, 0.3) is 0 Å². The summed E-state index contributed by atoms with van der Waals surface area (Å²) in [4.78, 5) is 13.7. The van der Waals surface area contributed by atoms with E-state index in [1.165, 1.54) is 16.1 Å². The zero-order chi connectivity index (χ0) is 13.0. The number of thiocarbonyl (C=S) groups is 1. The van der Waals surface area contributed by atoms with E-state index < -0.39 is 0 Å². The Labute approximate surface area is 112 Å². The van der Waals surface area contributed by atoms with Crippen molar-refractivity contribution in [3.63, 3.8) is 0 Å². The average Bonchev–Trinajstić information content (AvgIpc) is 2.98. The van der Waals surface area contributed by atoms with Gasteiger partial charge in [0.25, 0.3) is 11.9 Å². The van der Waals surface area contributed by atoms with Gasteiger partial charge < -0.3 is 0 Å². The first-order chi connectivity index (χ1) is 8.69. The summed E-state index contributed by atoms with van der Waals surface area (Å²) in [6.07, 6.45) is 0. The van der Waals surface area contributed by atoms with E-state index in [-0.39, 0.29) is 17.0 Å². The number of aryl methyl sites for hydroxylation is 1. The first-order valence-electron chi connectivity index (χ1n) is 5.12. The summed E-state index contributed by atoms with van der Waals surface area (Å²) >= 11 is 6.32. The van der Waals surface area contributed by atoms with Gasteiger partial charge in [0.05, 0.1) is 11.4 Å². The molecule has 2 rings (SSSR count). The molecule has 0 radical (unpaired) electrons. The van der Waals surface area contributed by atoms with Crippen LogP contribution in [0.4, 0.5) is 5.95 Å². The molecule has 7 nitrogen and oxygen atoms in total. The molecule has 0 aliphatic heterocycles. The van der Waals surface area contributed by atoms with Gasteiger partial charge in [0.15, 0.2) is 5.11 Å². The van der Waals surface area contributed by atoms with E-state index in [1.807, 2.05) is 12.3 Å². The fourth-order valence-corrected chi connectivity index (χ4v) is 1.94. The van der Waals surface area contributed by atoms with E-state index in [1.54, 1.807) is 12.1 Å². The van der Waals surface area contributed by atoms with Crippen molar-refractivity contribution in [1.82, 2.24) is 25.5 Å². The number of aromatic nitrogens is 4. The number of hydrogen-bond donors (Lipinski definition) is 2. The summed E-state index contributed by atoms with van der Waals surface area (Å²) in [7, 11) is 0. The molecular weight excluding hydrogens is 272 g/mol. The highest BCUT2D eigenvalue weighted by atomic mass is 32.1. The van der Waals surface area contributed by atoms with E-state index in [2.05, 4.69) is 26.0 Å². The summed E-state index contributed by atoms with van der Waals surface area (Å²) in [6.45, 7) is 2.51. The number of thiophene rings is 1. The number of hydrogen-bond acceptors (Lipinski definition) is 6. The Kier molecular flexibility index (Phi) is 3.95. The molecule has 0 bridgehead atoms. The van der Waals surface area contributed by atoms with Crippen LogP contribution in [0.1, 0.15) is 16.6 Å². The van der Waals surface area contributed by atoms with Crippen LogP contribution >= 0.6 is 23.6 Å². The standard InChI is InChI=1S/C9H10N6OS2/c1-2-15-13-8(12-14-15)11-9(17)10-7(16)6-4-3-5-18-6/h3-5H,2H2,1H3,(H2,10,11,13,16,17). The minimum atomic E-state index is -0.259. The molecule has 2 aromatic rings. The molecular formula is C9H10N6OS2. The zero-order valence-corrected chi connectivity index (χ0v) is 11.1. The van der Waals surface area contributed by atoms with Crippen LogP contribution in [0, 0.1) is 0 Å². The molecule has 9 heteroatoms. The maximum Gasteiger partial charge on any atom is 0.269 e. The van der Waals surface area contributed by atoms with Gasteiger partial charge in [-0.15, -0.1) is 16.4 Å². The van der Waals surface area contributed by atoms with Crippen LogP contribution in [0.2, 0.25) is 0 Å². The quantitative estimate of drug-likeness (QED) is 0.813. The zero-order valence-electron chi connectivity index (χ0n) is 9.45. The molecule has 0 saturated carbocycles. The first kappa shape index (κ1) is 12.6. The lowest BCUT2D eigenvalue weighted by molar-refractivity contribution is 0.0981. The van der Waals surface area contributed by atoms with Crippen molar-refractivity contribution < 1.29 is 4.79 Å². The van der Waals surface area contributed by atoms with Crippen LogP contribution in [-0.4, -0.2) is 31.2 Å². The normalized spacial score (nSPS) is 10.1. The smallest absolute Gasteiger partial charge is 0.269 e. The number of amides is 1. The summed E-state index contributed by atoms with van der Waals surface area (Å²) in [5.41, 5.74) is 0. The molecule has 2 heterocycles. The van der Waals surface area contributed by atoms with Gasteiger partial charge in [-0.2, -0.15) is 4.80 Å². The fourth-order valence-electron chi connectivity index (χ4n) is 1.13. The molecule has 18 heavy (non-hydrogen) atoms. The number of rotatable bonds is 3. The highest BCUT2D eigenvalue weighted by Gasteiger charge is 2.10. The molecule has 2 aromatic heterocycles. The maximum atomic E-state index is 11.7. The van der Waals surface area contributed by atoms with Crippen molar-refractivity contribution in [3.8, 4) is 0 Å². The van der Waals surface area contributed by atoms with Gasteiger partial charge in [-0.05, 0) is 35.8 Å². The lowest BCUT2D eigenvalue weighted by Gasteiger charge is -2.04. The molecule has 0 aliphatic carbocycles. The molecule has 1 amide bonds. The monoisotopic (exact) mass is 282 g/mol. The minimum absolute atomic E-state index is 0.143. The van der Waals surface area contributed by atoms with E-state index >= 15 is 0 Å². The van der Waals surface area contributed by atoms with Gasteiger partial charge in [0.1, 0.15) is 0 Å². The van der Waals surface area contributed by atoms with Gasteiger partial charge in [-0.3, -0.25) is 15.4 Å². The minimum Gasteiger partial charge on any atom is -0.298 e. The van der Waals surface area contributed by atoms with E-state index in [9.17, 15) is 4.79 Å². The van der Waals surface area contributed by atoms with Gasteiger partial charge in [0, 0.05) is 0 Å². The van der Waals surface area contributed by atoms with Crippen molar-refractivity contribution >= 4 is 40.5 Å². The molecule has 0 saturated heterocycles. The number of anilines is 1. The molecule has 0 aliphatic rings. The highest BCUT2D eigenvalue weighted by molar-refractivity contribution is 7.80. The molecule has 0 unspecified atom stereocenters. The molecule has 2 N–H and O–H groups in total. The van der Waals surface area contributed by atoms with Crippen LogP contribution < -0.4 is 10.6 Å². The Bertz CT molecular complexity index is 549. The molecule has 0 atom stereocenters. The van der Waals surface area contributed by atoms with E-state index in [0.717, 1.165) is 0 Å². The third-order valence-corrected chi connectivity index (χ3v) is 3.01. The topological polar surface area (TPSA) is 84.7 Å². The van der Waals surface area contributed by atoms with Crippen molar-refractivity contribution in [1.29, 1.82) is 0 Å². The number of tetrazole rings is 1. The second-order valence-electron chi connectivity index (χ2n) is 3.19. The maximum absolute atomic E-state index is 11.7. The van der Waals surface area contributed by atoms with Gasteiger partial charge in [-0.1, -0.05) is 11.2 Å². The lowest BCUT2D eigenvalue weighted by Crippen LogP contribution is -2.34. The van der Waals surface area contributed by atoms with Crippen molar-refractivity contribution in [2.45, 2.75) is 13.5 Å². The van der Waals surface area contributed by atoms with Crippen LogP contribution in [0.5, 0.6) is 0 Å². The van der Waals surface area contributed by atoms with E-state index in [0.29, 0.717) is 11.4 Å². The summed E-state index contributed by atoms with van der Waals surface area (Å²) in [5, 5.41) is 18.7. The molecule has 0 fully saturated rings. The van der Waals surface area contributed by atoms with Crippen LogP contribution in [0.15, 0.2) is 17.5 Å². The summed E-state index contributed by atoms with van der Waals surface area (Å²) < 4.78 is 0. The molecule has 0 spiro atoms. The van der Waals surface area contributed by atoms with Crippen molar-refractivity contribution in [2.24, 2.45) is 0 Å². The highest BCUT2D eigenvalue weighted by Crippen LogP contribution is 2.07. The van der Waals surface area contributed by atoms with Crippen molar-refractivity contribution in [2.75, 3.05) is 5.32 Å². The second kappa shape index (κ2) is 5.65. The number of carbonyl (C=O) groups excluding carboxylic acids is 1. The van der Waals surface area contributed by atoms with Gasteiger partial charge >= 0.3 is 0 Å². The number of carbonyl (C=O) groups is 1. The average molecular weight is 282 g/mol. The second-order valence-corrected chi connectivity index (χ2v) is 4.54. The van der Waals surface area contributed by atoms with Crippen LogP contribution in [0.3, 0.4) is 0 Å². The van der Waals surface area contributed by atoms with Gasteiger partial charge in [0.2, 0.25) is 0 Å². The van der Waals surface area contributed by atoms with Crippen LogP contribution in [-0.2, 0) is 6.54 Å². The first-order valence-corrected chi connectivity index (χ1v) is 6.41. The predicted molar refractivity (Wildman–Crippen MR) is 71.5 cm³/mol. The largest absolute Gasteiger partial charge is 0.298 e. The third kappa shape index (κ3) is 3.08. The number of nitrogens with one attached hydrogen (secondary N) is 2. The Balaban J connectivity index is 1.91. The number of nitrogens with zero attached hydrogens (tertiary/aromatic N) is 4. The summed E-state index contributed by atoms with van der Waals surface area (Å²) in [5.74, 6) is -0.00119. The Hall–Kier alpha value is -1.87. The van der Waals surface area contributed by atoms with Gasteiger partial charge in [-0.25, -0.2) is 0 Å². The Morgan fingerprint density at radius 3 is 3.06 bits per heavy atom. The lowest BCUT2D eigenvalue weighted by atomic mass is 10.4.